The fraction of sp³-hybridized carbons (Fsp3) is 0.143. The summed E-state index contributed by atoms with van der Waals surface area (Å²) in [5, 5.41) is 6.04. The molecule has 0 saturated carbocycles. The van der Waals surface area contributed by atoms with Gasteiger partial charge in [-0.05, 0) is 22.6 Å². The Hall–Kier alpha value is -2.54. The van der Waals surface area contributed by atoms with Gasteiger partial charge in [-0.1, -0.05) is 87.2 Å². The second-order valence-corrected chi connectivity index (χ2v) is 4.83. The summed E-state index contributed by atoms with van der Waals surface area (Å²) >= 11 is 0. The first-order valence-electron chi connectivity index (χ1n) is 7.80. The molecule has 112 valence electrons. The fourth-order valence-electron chi connectivity index (χ4n) is 2.35. The molecule has 3 aromatic carbocycles. The van der Waals surface area contributed by atoms with Crippen LogP contribution in [-0.4, -0.2) is 0 Å². The van der Waals surface area contributed by atoms with Gasteiger partial charge in [0.05, 0.1) is 0 Å². The summed E-state index contributed by atoms with van der Waals surface area (Å²) in [6, 6.07) is 23.2. The normalized spacial score (nSPS) is 9.73. The van der Waals surface area contributed by atoms with E-state index >= 15 is 0 Å². The molecule has 0 heterocycles. The van der Waals surface area contributed by atoms with Crippen molar-refractivity contribution in [2.75, 3.05) is 5.32 Å². The molecule has 3 rings (SSSR count). The molecule has 0 aliphatic carbocycles. The molecule has 0 spiro atoms. The van der Waals surface area contributed by atoms with E-state index in [-0.39, 0.29) is 0 Å². The molecule has 0 aliphatic heterocycles. The largest absolute Gasteiger partial charge is 0.380 e. The molecule has 1 nitrogen and oxygen atoms in total. The fourth-order valence-corrected chi connectivity index (χ4v) is 2.35. The first-order chi connectivity index (χ1) is 10.9. The Bertz CT molecular complexity index is 721. The number of anilines is 1. The van der Waals surface area contributed by atoms with Crippen LogP contribution in [0.1, 0.15) is 25.0 Å². The third-order valence-electron chi connectivity index (χ3n) is 3.49. The minimum Gasteiger partial charge on any atom is -0.380 e. The van der Waals surface area contributed by atoms with E-state index in [1.807, 2.05) is 19.9 Å². The van der Waals surface area contributed by atoms with Gasteiger partial charge < -0.3 is 5.32 Å². The van der Waals surface area contributed by atoms with Gasteiger partial charge >= 0.3 is 0 Å². The average molecular weight is 289 g/mol. The van der Waals surface area contributed by atoms with Crippen LogP contribution < -0.4 is 5.32 Å². The highest BCUT2D eigenvalue weighted by Gasteiger charge is 1.99. The number of hydrogen-bond acceptors (Lipinski definition) is 1. The van der Waals surface area contributed by atoms with E-state index in [9.17, 15) is 0 Å². The van der Waals surface area contributed by atoms with E-state index in [2.05, 4.69) is 78.6 Å². The van der Waals surface area contributed by atoms with Crippen LogP contribution >= 0.6 is 0 Å². The van der Waals surface area contributed by atoms with Crippen molar-refractivity contribution in [3.8, 4) is 0 Å². The van der Waals surface area contributed by atoms with Crippen LogP contribution in [0.25, 0.3) is 16.8 Å². The molecular formula is C21H23N. The number of nitrogens with one attached hydrogen (secondary N) is 1. The van der Waals surface area contributed by atoms with Gasteiger partial charge in [0, 0.05) is 17.6 Å². The van der Waals surface area contributed by atoms with E-state index in [1.165, 1.54) is 22.0 Å². The summed E-state index contributed by atoms with van der Waals surface area (Å²) in [4.78, 5) is 0. The molecule has 0 fully saturated rings. The summed E-state index contributed by atoms with van der Waals surface area (Å²) in [6.45, 7) is 8.60. The minimum absolute atomic E-state index is 0.825. The Balaban J connectivity index is 0.000000847. The van der Waals surface area contributed by atoms with Crippen molar-refractivity contribution >= 4 is 22.5 Å². The van der Waals surface area contributed by atoms with Gasteiger partial charge in [0.1, 0.15) is 0 Å². The lowest BCUT2D eigenvalue weighted by Crippen LogP contribution is -1.99. The number of rotatable bonds is 4. The molecule has 3 aromatic rings. The molecule has 0 unspecified atom stereocenters. The number of fused-ring (bicyclic) bond motifs is 1. The molecule has 0 atom stereocenters. The second-order valence-electron chi connectivity index (χ2n) is 4.83. The van der Waals surface area contributed by atoms with Gasteiger partial charge in [0.15, 0.2) is 0 Å². The van der Waals surface area contributed by atoms with E-state index < -0.39 is 0 Å². The number of hydrogen-bond donors (Lipinski definition) is 1. The maximum atomic E-state index is 3.77. The molecular weight excluding hydrogens is 266 g/mol. The van der Waals surface area contributed by atoms with Crippen LogP contribution in [0.4, 0.5) is 5.69 Å². The molecule has 1 heteroatoms. The van der Waals surface area contributed by atoms with E-state index in [1.54, 1.807) is 0 Å². The Morgan fingerprint density at radius 2 is 1.55 bits per heavy atom. The zero-order valence-electron chi connectivity index (χ0n) is 13.3. The smallest absolute Gasteiger partial charge is 0.0422 e. The second kappa shape index (κ2) is 8.04. The van der Waals surface area contributed by atoms with Crippen molar-refractivity contribution in [3.05, 3.63) is 84.4 Å². The quantitative estimate of drug-likeness (QED) is 0.610. The highest BCUT2D eigenvalue weighted by molar-refractivity contribution is 5.93. The van der Waals surface area contributed by atoms with E-state index in [0.717, 1.165) is 12.1 Å². The number of benzene rings is 3. The maximum absolute atomic E-state index is 3.77. The molecule has 22 heavy (non-hydrogen) atoms. The van der Waals surface area contributed by atoms with Crippen LogP contribution in [0.15, 0.2) is 73.3 Å². The molecule has 0 aromatic heterocycles. The summed E-state index contributed by atoms with van der Waals surface area (Å²) in [7, 11) is 0. The SMILES string of the molecule is C=Cc1ccc(CNc2cccc3ccccc23)cc1.CC. The Morgan fingerprint density at radius 1 is 0.864 bits per heavy atom. The highest BCUT2D eigenvalue weighted by atomic mass is 14.9. The maximum Gasteiger partial charge on any atom is 0.0422 e. The lowest BCUT2D eigenvalue weighted by molar-refractivity contribution is 1.15. The molecule has 0 radical (unpaired) electrons. The lowest BCUT2D eigenvalue weighted by atomic mass is 10.1. The highest BCUT2D eigenvalue weighted by Crippen LogP contribution is 2.23. The zero-order valence-corrected chi connectivity index (χ0v) is 13.3. The van der Waals surface area contributed by atoms with Crippen LogP contribution in [0, 0.1) is 0 Å². The summed E-state index contributed by atoms with van der Waals surface area (Å²) < 4.78 is 0. The Labute approximate surface area is 133 Å². The van der Waals surface area contributed by atoms with Gasteiger partial charge in [-0.25, -0.2) is 0 Å². The van der Waals surface area contributed by atoms with Gasteiger partial charge in [-0.2, -0.15) is 0 Å². The third kappa shape index (κ3) is 3.76. The molecule has 0 amide bonds. The van der Waals surface area contributed by atoms with Crippen molar-refractivity contribution < 1.29 is 0 Å². The molecule has 0 aliphatic rings. The molecule has 1 N–H and O–H groups in total. The summed E-state index contributed by atoms with van der Waals surface area (Å²) in [6.07, 6.45) is 1.86. The van der Waals surface area contributed by atoms with Gasteiger partial charge in [0.2, 0.25) is 0 Å². The van der Waals surface area contributed by atoms with Crippen molar-refractivity contribution in [3.63, 3.8) is 0 Å². The van der Waals surface area contributed by atoms with Crippen LogP contribution in [0.3, 0.4) is 0 Å². The monoisotopic (exact) mass is 289 g/mol. The predicted octanol–water partition coefficient (Wildman–Crippen LogP) is 6.12. The third-order valence-corrected chi connectivity index (χ3v) is 3.49. The summed E-state index contributed by atoms with van der Waals surface area (Å²) in [5.41, 5.74) is 3.60. The predicted molar refractivity (Wildman–Crippen MR) is 99.2 cm³/mol. The Kier molecular flexibility index (Phi) is 5.79. The van der Waals surface area contributed by atoms with Gasteiger partial charge in [-0.3, -0.25) is 0 Å². The average Bonchev–Trinajstić information content (AvgIpc) is 2.62. The van der Waals surface area contributed by atoms with E-state index in [4.69, 9.17) is 0 Å². The van der Waals surface area contributed by atoms with Gasteiger partial charge in [-0.15, -0.1) is 0 Å². The van der Waals surface area contributed by atoms with Crippen molar-refractivity contribution in [1.29, 1.82) is 0 Å². The zero-order chi connectivity index (χ0) is 15.8. The van der Waals surface area contributed by atoms with Crippen molar-refractivity contribution in [2.24, 2.45) is 0 Å². The van der Waals surface area contributed by atoms with Crippen molar-refractivity contribution in [1.82, 2.24) is 0 Å². The standard InChI is InChI=1S/C19H17N.C2H6/c1-2-15-10-12-16(13-11-15)14-20-19-9-5-7-17-6-3-4-8-18(17)19;1-2/h2-13,20H,1,14H2;1-2H3. The minimum atomic E-state index is 0.825. The lowest BCUT2D eigenvalue weighted by Gasteiger charge is -2.10. The van der Waals surface area contributed by atoms with E-state index in [0.29, 0.717) is 0 Å². The van der Waals surface area contributed by atoms with Crippen LogP contribution in [0.2, 0.25) is 0 Å². The first-order valence-corrected chi connectivity index (χ1v) is 7.80. The van der Waals surface area contributed by atoms with Gasteiger partial charge in [0.25, 0.3) is 0 Å². The molecule has 0 bridgehead atoms. The Morgan fingerprint density at radius 3 is 2.27 bits per heavy atom. The summed E-state index contributed by atoms with van der Waals surface area (Å²) in [5.74, 6) is 0. The van der Waals surface area contributed by atoms with Crippen LogP contribution in [0.5, 0.6) is 0 Å². The van der Waals surface area contributed by atoms with Crippen LogP contribution in [-0.2, 0) is 6.54 Å². The topological polar surface area (TPSA) is 12.0 Å². The van der Waals surface area contributed by atoms with Crippen molar-refractivity contribution in [2.45, 2.75) is 20.4 Å². The molecule has 0 saturated heterocycles. The first kappa shape index (κ1) is 15.8.